The summed E-state index contributed by atoms with van der Waals surface area (Å²) in [7, 11) is 0. The number of aliphatic hydroxyl groups excluding tert-OH is 1. The Balaban J connectivity index is 2.46. The van der Waals surface area contributed by atoms with Gasteiger partial charge in [0.05, 0.1) is 5.52 Å². The number of hydrogen-bond acceptors (Lipinski definition) is 3. The minimum absolute atomic E-state index is 0.0857. The minimum atomic E-state index is -0.360. The number of aryl methyl sites for hydroxylation is 1. The Labute approximate surface area is 96.9 Å². The lowest BCUT2D eigenvalue weighted by atomic mass is 10.2. The predicted molar refractivity (Wildman–Crippen MR) is 59.9 cm³/mol. The molecule has 0 unspecified atom stereocenters. The van der Waals surface area contributed by atoms with Crippen LogP contribution in [0.15, 0.2) is 18.2 Å². The van der Waals surface area contributed by atoms with Crippen LogP contribution in [0.2, 0.25) is 5.15 Å². The van der Waals surface area contributed by atoms with Gasteiger partial charge in [-0.1, -0.05) is 11.6 Å². The molecule has 0 aliphatic carbocycles. The lowest BCUT2D eigenvalue weighted by molar-refractivity contribution is 0.287. The first-order chi connectivity index (χ1) is 7.70. The number of fused-ring (bicyclic) bond motifs is 1. The highest BCUT2D eigenvalue weighted by atomic mass is 35.5. The molecule has 3 nitrogen and oxygen atoms in total. The Morgan fingerprint density at radius 2 is 2.12 bits per heavy atom. The van der Waals surface area contributed by atoms with E-state index in [1.54, 1.807) is 6.07 Å². The van der Waals surface area contributed by atoms with Gasteiger partial charge >= 0.3 is 0 Å². The zero-order chi connectivity index (χ0) is 11.5. The number of nitrogens with zero attached hydrogens (tertiary/aromatic N) is 2. The molecule has 1 aromatic carbocycles. The summed E-state index contributed by atoms with van der Waals surface area (Å²) in [6.45, 7) is 0.0857. The molecule has 1 N–H and O–H groups in total. The zero-order valence-electron chi connectivity index (χ0n) is 8.45. The van der Waals surface area contributed by atoms with Crippen LogP contribution in [0.25, 0.3) is 10.9 Å². The molecule has 0 saturated heterocycles. The smallest absolute Gasteiger partial charge is 0.140 e. The van der Waals surface area contributed by atoms with Gasteiger partial charge in [-0.25, -0.2) is 14.4 Å². The Kier molecular flexibility index (Phi) is 3.31. The van der Waals surface area contributed by atoms with Crippen LogP contribution in [0.3, 0.4) is 0 Å². The third-order valence-electron chi connectivity index (χ3n) is 2.22. The Morgan fingerprint density at radius 1 is 1.31 bits per heavy atom. The van der Waals surface area contributed by atoms with E-state index < -0.39 is 0 Å². The van der Waals surface area contributed by atoms with Crippen LogP contribution in [-0.4, -0.2) is 21.7 Å². The largest absolute Gasteiger partial charge is 0.396 e. The SMILES string of the molecule is OCCCc1nc(Cl)c2cc(F)ccc2n1. The maximum atomic E-state index is 13.0. The molecule has 0 aliphatic rings. The standard InChI is InChI=1S/C11H10ClFN2O/c12-11-8-6-7(13)3-4-9(8)14-10(15-11)2-1-5-16/h3-4,6,16H,1-2,5H2. The van der Waals surface area contributed by atoms with E-state index in [1.807, 2.05) is 0 Å². The molecule has 1 heterocycles. The fourth-order valence-electron chi connectivity index (χ4n) is 1.46. The van der Waals surface area contributed by atoms with E-state index in [-0.39, 0.29) is 17.6 Å². The maximum absolute atomic E-state index is 13.0. The molecule has 5 heteroatoms. The van der Waals surface area contributed by atoms with Crippen molar-refractivity contribution in [2.24, 2.45) is 0 Å². The van der Waals surface area contributed by atoms with Gasteiger partial charge in [-0.15, -0.1) is 0 Å². The van der Waals surface area contributed by atoms with Crippen LogP contribution in [0.4, 0.5) is 4.39 Å². The number of halogens is 2. The van der Waals surface area contributed by atoms with Crippen LogP contribution in [-0.2, 0) is 6.42 Å². The van der Waals surface area contributed by atoms with Gasteiger partial charge in [0.2, 0.25) is 0 Å². The Bertz CT molecular complexity index is 519. The van der Waals surface area contributed by atoms with E-state index in [4.69, 9.17) is 16.7 Å². The van der Waals surface area contributed by atoms with Gasteiger partial charge < -0.3 is 5.11 Å². The summed E-state index contributed by atoms with van der Waals surface area (Å²) >= 11 is 5.93. The van der Waals surface area contributed by atoms with Gasteiger partial charge in [0.15, 0.2) is 0 Å². The summed E-state index contributed by atoms with van der Waals surface area (Å²) in [6.07, 6.45) is 1.15. The predicted octanol–water partition coefficient (Wildman–Crippen LogP) is 2.35. The van der Waals surface area contributed by atoms with Crippen molar-refractivity contribution in [1.29, 1.82) is 0 Å². The molecule has 0 spiro atoms. The van der Waals surface area contributed by atoms with Crippen molar-refractivity contribution in [2.75, 3.05) is 6.61 Å². The van der Waals surface area contributed by atoms with Crippen molar-refractivity contribution in [3.63, 3.8) is 0 Å². The highest BCUT2D eigenvalue weighted by Gasteiger charge is 2.06. The number of hydrogen-bond donors (Lipinski definition) is 1. The molecule has 0 atom stereocenters. The Morgan fingerprint density at radius 3 is 2.88 bits per heavy atom. The topological polar surface area (TPSA) is 46.0 Å². The van der Waals surface area contributed by atoms with Crippen molar-refractivity contribution in [3.05, 3.63) is 35.0 Å². The molecule has 0 radical (unpaired) electrons. The van der Waals surface area contributed by atoms with Crippen molar-refractivity contribution in [2.45, 2.75) is 12.8 Å². The molecule has 0 amide bonds. The quantitative estimate of drug-likeness (QED) is 0.838. The summed E-state index contributed by atoms with van der Waals surface area (Å²) in [4.78, 5) is 8.30. The van der Waals surface area contributed by atoms with Gasteiger partial charge in [-0.05, 0) is 24.6 Å². The van der Waals surface area contributed by atoms with E-state index in [9.17, 15) is 4.39 Å². The first-order valence-electron chi connectivity index (χ1n) is 4.93. The summed E-state index contributed by atoms with van der Waals surface area (Å²) in [5, 5.41) is 9.46. The van der Waals surface area contributed by atoms with Crippen molar-refractivity contribution in [1.82, 2.24) is 9.97 Å². The van der Waals surface area contributed by atoms with Crippen LogP contribution in [0, 0.1) is 5.82 Å². The number of aliphatic hydroxyl groups is 1. The summed E-state index contributed by atoms with van der Waals surface area (Å²) < 4.78 is 13.0. The average Bonchev–Trinajstić information content (AvgIpc) is 2.27. The van der Waals surface area contributed by atoms with Gasteiger partial charge in [0.25, 0.3) is 0 Å². The fourth-order valence-corrected chi connectivity index (χ4v) is 1.71. The normalized spacial score (nSPS) is 10.9. The van der Waals surface area contributed by atoms with Crippen LogP contribution in [0.1, 0.15) is 12.2 Å². The number of rotatable bonds is 3. The Hall–Kier alpha value is -1.26. The molecule has 0 aliphatic heterocycles. The molecule has 84 valence electrons. The minimum Gasteiger partial charge on any atom is -0.396 e. The molecule has 1 aromatic heterocycles. The molecular formula is C11H10ClFN2O. The summed E-state index contributed by atoms with van der Waals surface area (Å²) in [6, 6.07) is 4.22. The third kappa shape index (κ3) is 2.28. The molecule has 0 bridgehead atoms. The molecular weight excluding hydrogens is 231 g/mol. The van der Waals surface area contributed by atoms with Crippen molar-refractivity contribution in [3.8, 4) is 0 Å². The third-order valence-corrected chi connectivity index (χ3v) is 2.50. The average molecular weight is 241 g/mol. The number of aromatic nitrogens is 2. The van der Waals surface area contributed by atoms with E-state index in [1.165, 1.54) is 12.1 Å². The zero-order valence-corrected chi connectivity index (χ0v) is 9.21. The van der Waals surface area contributed by atoms with Gasteiger partial charge in [-0.2, -0.15) is 0 Å². The lowest BCUT2D eigenvalue weighted by Gasteiger charge is -2.03. The maximum Gasteiger partial charge on any atom is 0.140 e. The van der Waals surface area contributed by atoms with Gasteiger partial charge in [-0.3, -0.25) is 0 Å². The molecule has 16 heavy (non-hydrogen) atoms. The van der Waals surface area contributed by atoms with Crippen LogP contribution in [0.5, 0.6) is 0 Å². The molecule has 2 rings (SSSR count). The second-order valence-electron chi connectivity index (χ2n) is 3.42. The van der Waals surface area contributed by atoms with E-state index in [0.29, 0.717) is 29.6 Å². The molecule has 0 saturated carbocycles. The monoisotopic (exact) mass is 240 g/mol. The lowest BCUT2D eigenvalue weighted by Crippen LogP contribution is -1.98. The second kappa shape index (κ2) is 4.72. The molecule has 2 aromatic rings. The van der Waals surface area contributed by atoms with Crippen molar-refractivity contribution >= 4 is 22.5 Å². The highest BCUT2D eigenvalue weighted by molar-refractivity contribution is 6.34. The van der Waals surface area contributed by atoms with Gasteiger partial charge in [0, 0.05) is 18.4 Å². The number of benzene rings is 1. The first kappa shape index (κ1) is 11.2. The van der Waals surface area contributed by atoms with E-state index in [2.05, 4.69) is 9.97 Å². The van der Waals surface area contributed by atoms with Gasteiger partial charge in [0.1, 0.15) is 16.8 Å². The highest BCUT2D eigenvalue weighted by Crippen LogP contribution is 2.21. The first-order valence-corrected chi connectivity index (χ1v) is 5.31. The van der Waals surface area contributed by atoms with E-state index in [0.717, 1.165) is 0 Å². The van der Waals surface area contributed by atoms with Crippen LogP contribution >= 0.6 is 11.6 Å². The fraction of sp³-hybridized carbons (Fsp3) is 0.273. The van der Waals surface area contributed by atoms with E-state index >= 15 is 0 Å². The summed E-state index contributed by atoms with van der Waals surface area (Å²) in [5.41, 5.74) is 0.620. The van der Waals surface area contributed by atoms with Crippen LogP contribution < -0.4 is 0 Å². The van der Waals surface area contributed by atoms with Crippen molar-refractivity contribution < 1.29 is 9.50 Å². The summed E-state index contributed by atoms with van der Waals surface area (Å²) in [5.74, 6) is 0.208. The second-order valence-corrected chi connectivity index (χ2v) is 3.78. The molecule has 0 fully saturated rings.